The number of hydrogen-bond acceptors (Lipinski definition) is 5. The smallest absolute Gasteiger partial charge is 0.270 e. The molecule has 0 atom stereocenters. The maximum atomic E-state index is 12.9. The second-order valence-corrected chi connectivity index (χ2v) is 7.62. The Hall–Kier alpha value is -2.02. The van der Waals surface area contributed by atoms with Gasteiger partial charge in [-0.3, -0.25) is 9.69 Å². The summed E-state index contributed by atoms with van der Waals surface area (Å²) in [5.74, 6) is 1.01. The van der Waals surface area contributed by atoms with Gasteiger partial charge >= 0.3 is 0 Å². The van der Waals surface area contributed by atoms with Crippen LogP contribution < -0.4 is 14.4 Å². The first kappa shape index (κ1) is 19.7. The van der Waals surface area contributed by atoms with Crippen molar-refractivity contribution in [2.75, 3.05) is 18.1 Å². The summed E-state index contributed by atoms with van der Waals surface area (Å²) in [4.78, 5) is 14.9. The number of nitrogens with zero attached hydrogens (tertiary/aromatic N) is 1. The Morgan fingerprint density at radius 3 is 2.37 bits per heavy atom. The molecule has 2 aromatic rings. The largest absolute Gasteiger partial charge is 0.490 e. The van der Waals surface area contributed by atoms with Crippen molar-refractivity contribution in [3.63, 3.8) is 0 Å². The number of ether oxygens (including phenoxy) is 2. The number of carbonyl (C=O) groups excluding carboxylic acids is 1. The number of halogens is 1. The van der Waals surface area contributed by atoms with Gasteiger partial charge in [0.2, 0.25) is 0 Å². The molecule has 0 N–H and O–H groups in total. The maximum Gasteiger partial charge on any atom is 0.270 e. The Bertz CT molecular complexity index is 900. The van der Waals surface area contributed by atoms with Crippen LogP contribution in [0.2, 0.25) is 5.02 Å². The normalized spacial score (nSPS) is 15.5. The van der Waals surface area contributed by atoms with Gasteiger partial charge in [-0.05, 0) is 43.7 Å². The molecule has 0 radical (unpaired) electrons. The third kappa shape index (κ3) is 4.29. The summed E-state index contributed by atoms with van der Waals surface area (Å²) >= 11 is 13.1. The summed E-state index contributed by atoms with van der Waals surface area (Å²) in [7, 11) is 0. The molecule has 1 aliphatic rings. The molecule has 4 nitrogen and oxygen atoms in total. The van der Waals surface area contributed by atoms with E-state index in [1.54, 1.807) is 18.2 Å². The van der Waals surface area contributed by atoms with Crippen LogP contribution in [0.25, 0.3) is 6.08 Å². The summed E-state index contributed by atoms with van der Waals surface area (Å²) in [6.45, 7) is 4.80. The minimum Gasteiger partial charge on any atom is -0.490 e. The van der Waals surface area contributed by atoms with E-state index in [9.17, 15) is 4.79 Å². The van der Waals surface area contributed by atoms with Crippen LogP contribution >= 0.6 is 35.6 Å². The van der Waals surface area contributed by atoms with Gasteiger partial charge in [-0.25, -0.2) is 0 Å². The lowest BCUT2D eigenvalue weighted by molar-refractivity contribution is -0.113. The average Bonchev–Trinajstić information content (AvgIpc) is 2.93. The van der Waals surface area contributed by atoms with Crippen molar-refractivity contribution in [2.24, 2.45) is 0 Å². The SMILES string of the molecule is CCOc1cc(Cl)c(/C=C2/SC(=S)N(c3ccccc3)C2=O)cc1OCC. The summed E-state index contributed by atoms with van der Waals surface area (Å²) in [6.07, 6.45) is 1.74. The highest BCUT2D eigenvalue weighted by Crippen LogP contribution is 2.39. The zero-order valence-electron chi connectivity index (χ0n) is 14.9. The van der Waals surface area contributed by atoms with E-state index in [1.807, 2.05) is 44.2 Å². The number of thiocarbonyl (C=S) groups is 1. The van der Waals surface area contributed by atoms with E-state index in [4.69, 9.17) is 33.3 Å². The summed E-state index contributed by atoms with van der Waals surface area (Å²) < 4.78 is 11.7. The third-order valence-corrected chi connectivity index (χ3v) is 5.39. The van der Waals surface area contributed by atoms with Crippen LogP contribution in [0.15, 0.2) is 47.4 Å². The summed E-state index contributed by atoms with van der Waals surface area (Å²) in [5, 5.41) is 0.479. The molecule has 2 aromatic carbocycles. The number of thioether (sulfide) groups is 1. The van der Waals surface area contributed by atoms with Gasteiger partial charge in [0, 0.05) is 6.07 Å². The van der Waals surface area contributed by atoms with Gasteiger partial charge < -0.3 is 9.47 Å². The molecule has 3 rings (SSSR count). The Morgan fingerprint density at radius 2 is 1.74 bits per heavy atom. The van der Waals surface area contributed by atoms with Crippen LogP contribution in [0.3, 0.4) is 0 Å². The van der Waals surface area contributed by atoms with Crippen molar-refractivity contribution in [3.05, 3.63) is 58.0 Å². The Kier molecular flexibility index (Phi) is 6.42. The monoisotopic (exact) mass is 419 g/mol. The lowest BCUT2D eigenvalue weighted by atomic mass is 10.1. The predicted molar refractivity (Wildman–Crippen MR) is 116 cm³/mol. The molecule has 0 saturated carbocycles. The first-order valence-corrected chi connectivity index (χ1v) is 10.1. The van der Waals surface area contributed by atoms with Crippen molar-refractivity contribution < 1.29 is 14.3 Å². The minimum absolute atomic E-state index is 0.167. The third-order valence-electron chi connectivity index (χ3n) is 3.76. The molecule has 27 heavy (non-hydrogen) atoms. The first-order valence-electron chi connectivity index (χ1n) is 8.47. The fraction of sp³-hybridized carbons (Fsp3) is 0.200. The standard InChI is InChI=1S/C20H18ClNO3S2/c1-3-24-16-10-13(15(21)12-17(16)25-4-2)11-18-19(23)22(20(26)27-18)14-8-6-5-7-9-14/h5-12H,3-4H2,1-2H3/b18-11+. The number of carbonyl (C=O) groups is 1. The number of para-hydroxylation sites is 1. The highest BCUT2D eigenvalue weighted by molar-refractivity contribution is 8.27. The molecule has 0 aromatic heterocycles. The topological polar surface area (TPSA) is 38.8 Å². The van der Waals surface area contributed by atoms with Gasteiger partial charge in [0.05, 0.1) is 28.8 Å². The summed E-state index contributed by atoms with van der Waals surface area (Å²) in [6, 6.07) is 12.8. The van der Waals surface area contributed by atoms with Crippen molar-refractivity contribution in [1.82, 2.24) is 0 Å². The van der Waals surface area contributed by atoms with Gasteiger partial charge in [0.15, 0.2) is 15.8 Å². The lowest BCUT2D eigenvalue weighted by Crippen LogP contribution is -2.27. The molecule has 0 spiro atoms. The van der Waals surface area contributed by atoms with Crippen LogP contribution in [0.1, 0.15) is 19.4 Å². The molecule has 7 heteroatoms. The molecule has 0 bridgehead atoms. The lowest BCUT2D eigenvalue weighted by Gasteiger charge is -2.14. The number of benzene rings is 2. The molecule has 1 aliphatic heterocycles. The van der Waals surface area contributed by atoms with Gasteiger partial charge in [0.25, 0.3) is 5.91 Å². The highest BCUT2D eigenvalue weighted by Gasteiger charge is 2.33. The molecule has 1 heterocycles. The molecule has 0 unspecified atom stereocenters. The van der Waals surface area contributed by atoms with E-state index in [2.05, 4.69) is 0 Å². The second kappa shape index (κ2) is 8.78. The van der Waals surface area contributed by atoms with E-state index in [1.165, 1.54) is 16.7 Å². The van der Waals surface area contributed by atoms with Crippen molar-refractivity contribution in [1.29, 1.82) is 0 Å². The Morgan fingerprint density at radius 1 is 1.11 bits per heavy atom. The minimum atomic E-state index is -0.167. The van der Waals surface area contributed by atoms with E-state index in [0.717, 1.165) is 5.69 Å². The van der Waals surface area contributed by atoms with Crippen molar-refractivity contribution >= 4 is 57.6 Å². The van der Waals surface area contributed by atoms with Crippen LogP contribution in [0.4, 0.5) is 5.69 Å². The maximum absolute atomic E-state index is 12.9. The van der Waals surface area contributed by atoms with Crippen LogP contribution in [-0.4, -0.2) is 23.4 Å². The van der Waals surface area contributed by atoms with Crippen molar-refractivity contribution in [3.8, 4) is 11.5 Å². The van der Waals surface area contributed by atoms with Crippen molar-refractivity contribution in [2.45, 2.75) is 13.8 Å². The van der Waals surface area contributed by atoms with E-state index < -0.39 is 0 Å². The van der Waals surface area contributed by atoms with Crippen LogP contribution in [-0.2, 0) is 4.79 Å². The number of rotatable bonds is 6. The Balaban J connectivity index is 1.96. The van der Waals surface area contributed by atoms with E-state index in [-0.39, 0.29) is 5.91 Å². The molecule has 1 saturated heterocycles. The molecule has 1 fully saturated rings. The zero-order chi connectivity index (χ0) is 19.4. The Labute approximate surface area is 173 Å². The molecule has 0 aliphatic carbocycles. The van der Waals surface area contributed by atoms with E-state index in [0.29, 0.717) is 44.5 Å². The number of amides is 1. The first-order chi connectivity index (χ1) is 13.0. The molecule has 140 valence electrons. The predicted octanol–water partition coefficient (Wildman–Crippen LogP) is 5.54. The summed E-state index contributed by atoms with van der Waals surface area (Å²) in [5.41, 5.74) is 1.42. The zero-order valence-corrected chi connectivity index (χ0v) is 17.3. The fourth-order valence-corrected chi connectivity index (χ4v) is 4.10. The quantitative estimate of drug-likeness (QED) is 0.453. The average molecular weight is 420 g/mol. The van der Waals surface area contributed by atoms with Gasteiger partial charge in [0.1, 0.15) is 0 Å². The van der Waals surface area contributed by atoms with Gasteiger partial charge in [-0.15, -0.1) is 0 Å². The fourth-order valence-electron chi connectivity index (χ4n) is 2.61. The molecular formula is C20H18ClNO3S2. The van der Waals surface area contributed by atoms with Crippen LogP contribution in [0.5, 0.6) is 11.5 Å². The van der Waals surface area contributed by atoms with Crippen LogP contribution in [0, 0.1) is 0 Å². The van der Waals surface area contributed by atoms with E-state index >= 15 is 0 Å². The highest BCUT2D eigenvalue weighted by atomic mass is 35.5. The molecule has 1 amide bonds. The number of anilines is 1. The van der Waals surface area contributed by atoms with Gasteiger partial charge in [-0.2, -0.15) is 0 Å². The van der Waals surface area contributed by atoms with Gasteiger partial charge in [-0.1, -0.05) is 53.8 Å². The molecular weight excluding hydrogens is 402 g/mol. The number of hydrogen-bond donors (Lipinski definition) is 0. The second-order valence-electron chi connectivity index (χ2n) is 5.54.